The average Bonchev–Trinajstić information content (AvgIpc) is 2.53. The van der Waals surface area contributed by atoms with Crippen LogP contribution in [0, 0.1) is 13.8 Å². The van der Waals surface area contributed by atoms with E-state index in [1.54, 1.807) is 0 Å². The number of amides is 1. The van der Waals surface area contributed by atoms with Gasteiger partial charge >= 0.3 is 6.09 Å². The van der Waals surface area contributed by atoms with Gasteiger partial charge in [0.15, 0.2) is 0 Å². The lowest BCUT2D eigenvalue weighted by molar-refractivity contribution is 0.140. The van der Waals surface area contributed by atoms with E-state index in [0.717, 1.165) is 12.0 Å². The molecule has 23 heavy (non-hydrogen) atoms. The summed E-state index contributed by atoms with van der Waals surface area (Å²) in [7, 11) is 0. The molecule has 0 spiro atoms. The summed E-state index contributed by atoms with van der Waals surface area (Å²) in [6, 6.07) is 16.1. The third-order valence-electron chi connectivity index (χ3n) is 3.35. The zero-order valence-electron chi connectivity index (χ0n) is 13.7. The molecule has 2 aromatic rings. The SMILES string of the molecule is Cc1cc(C)cc(C=CCCNC(=O)OCc2ccccc2)c1. The van der Waals surface area contributed by atoms with Gasteiger partial charge in [0, 0.05) is 6.54 Å². The third kappa shape index (κ3) is 6.39. The number of rotatable bonds is 6. The summed E-state index contributed by atoms with van der Waals surface area (Å²) >= 11 is 0. The highest BCUT2D eigenvalue weighted by atomic mass is 16.5. The number of alkyl carbamates (subject to hydrolysis) is 1. The van der Waals surface area contributed by atoms with Crippen molar-refractivity contribution in [1.29, 1.82) is 0 Å². The van der Waals surface area contributed by atoms with E-state index >= 15 is 0 Å². The number of carbonyl (C=O) groups is 1. The first-order valence-corrected chi connectivity index (χ1v) is 7.83. The second kappa shape index (κ2) is 8.79. The fraction of sp³-hybridized carbons (Fsp3) is 0.250. The Morgan fingerprint density at radius 2 is 1.78 bits per heavy atom. The molecule has 0 atom stereocenters. The lowest BCUT2D eigenvalue weighted by atomic mass is 10.1. The third-order valence-corrected chi connectivity index (χ3v) is 3.35. The molecule has 2 rings (SSSR count). The monoisotopic (exact) mass is 309 g/mol. The van der Waals surface area contributed by atoms with Crippen LogP contribution in [0.2, 0.25) is 0 Å². The van der Waals surface area contributed by atoms with Crippen LogP contribution in [0.4, 0.5) is 4.79 Å². The van der Waals surface area contributed by atoms with E-state index < -0.39 is 0 Å². The molecule has 0 heterocycles. The van der Waals surface area contributed by atoms with Gasteiger partial charge < -0.3 is 10.1 Å². The number of hydrogen-bond acceptors (Lipinski definition) is 2. The maximum atomic E-state index is 11.6. The van der Waals surface area contributed by atoms with E-state index in [0.29, 0.717) is 13.2 Å². The maximum absolute atomic E-state index is 11.6. The van der Waals surface area contributed by atoms with Crippen molar-refractivity contribution in [3.63, 3.8) is 0 Å². The molecule has 0 saturated carbocycles. The van der Waals surface area contributed by atoms with Crippen molar-refractivity contribution in [3.05, 3.63) is 76.9 Å². The van der Waals surface area contributed by atoms with Crippen LogP contribution in [-0.2, 0) is 11.3 Å². The lowest BCUT2D eigenvalue weighted by Crippen LogP contribution is -2.24. The molecular formula is C20H23NO2. The first kappa shape index (κ1) is 16.8. The van der Waals surface area contributed by atoms with E-state index in [1.807, 2.05) is 30.3 Å². The van der Waals surface area contributed by atoms with E-state index in [-0.39, 0.29) is 6.09 Å². The topological polar surface area (TPSA) is 38.3 Å². The Balaban J connectivity index is 1.66. The maximum Gasteiger partial charge on any atom is 0.407 e. The molecule has 3 heteroatoms. The smallest absolute Gasteiger partial charge is 0.407 e. The Bertz CT molecular complexity index is 642. The minimum absolute atomic E-state index is 0.297. The number of hydrogen-bond donors (Lipinski definition) is 1. The quantitative estimate of drug-likeness (QED) is 0.790. The minimum Gasteiger partial charge on any atom is -0.445 e. The fourth-order valence-electron chi connectivity index (χ4n) is 2.36. The van der Waals surface area contributed by atoms with Crippen LogP contribution >= 0.6 is 0 Å². The Morgan fingerprint density at radius 3 is 2.48 bits per heavy atom. The van der Waals surface area contributed by atoms with Crippen LogP contribution < -0.4 is 5.32 Å². The van der Waals surface area contributed by atoms with Gasteiger partial charge in [-0.3, -0.25) is 0 Å². The summed E-state index contributed by atoms with van der Waals surface area (Å²) in [4.78, 5) is 11.6. The van der Waals surface area contributed by atoms with Crippen molar-refractivity contribution in [3.8, 4) is 0 Å². The molecule has 0 radical (unpaired) electrons. The predicted octanol–water partition coefficient (Wildman–Crippen LogP) is 4.63. The number of nitrogens with one attached hydrogen (secondary N) is 1. The number of benzene rings is 2. The minimum atomic E-state index is -0.381. The molecule has 0 aliphatic carbocycles. The van der Waals surface area contributed by atoms with Crippen molar-refractivity contribution in [2.75, 3.05) is 6.54 Å². The molecule has 0 fully saturated rings. The van der Waals surface area contributed by atoms with E-state index in [9.17, 15) is 4.79 Å². The summed E-state index contributed by atoms with van der Waals surface area (Å²) in [5.41, 5.74) is 4.69. The Kier molecular flexibility index (Phi) is 6.42. The lowest BCUT2D eigenvalue weighted by Gasteiger charge is -2.06. The fourth-order valence-corrected chi connectivity index (χ4v) is 2.36. The van der Waals surface area contributed by atoms with Gasteiger partial charge in [-0.2, -0.15) is 0 Å². The van der Waals surface area contributed by atoms with Crippen LogP contribution in [0.3, 0.4) is 0 Å². The highest BCUT2D eigenvalue weighted by Crippen LogP contribution is 2.10. The standard InChI is InChI=1S/C20H23NO2/c1-16-12-17(2)14-19(13-16)10-6-7-11-21-20(22)23-15-18-8-4-3-5-9-18/h3-6,8-10,12-14H,7,11,15H2,1-2H3,(H,21,22). The Hall–Kier alpha value is -2.55. The van der Waals surface area contributed by atoms with Crippen LogP contribution in [0.5, 0.6) is 0 Å². The van der Waals surface area contributed by atoms with E-state index in [2.05, 4.69) is 49.5 Å². The molecule has 3 nitrogen and oxygen atoms in total. The summed E-state index contributed by atoms with van der Waals surface area (Å²) in [5, 5.41) is 2.75. The second-order valence-corrected chi connectivity index (χ2v) is 5.60. The zero-order valence-corrected chi connectivity index (χ0v) is 13.7. The Labute approximate surface area is 138 Å². The number of aryl methyl sites for hydroxylation is 2. The van der Waals surface area contributed by atoms with Crippen LogP contribution in [0.25, 0.3) is 6.08 Å². The van der Waals surface area contributed by atoms with Gasteiger partial charge in [-0.25, -0.2) is 4.79 Å². The molecule has 0 bridgehead atoms. The largest absolute Gasteiger partial charge is 0.445 e. The molecule has 1 amide bonds. The molecule has 2 aromatic carbocycles. The molecule has 0 unspecified atom stereocenters. The summed E-state index contributed by atoms with van der Waals surface area (Å²) in [5.74, 6) is 0. The highest BCUT2D eigenvalue weighted by molar-refractivity contribution is 5.67. The average molecular weight is 309 g/mol. The summed E-state index contributed by atoms with van der Waals surface area (Å²) in [6.07, 6.45) is 4.53. The van der Waals surface area contributed by atoms with Gasteiger partial charge in [0.2, 0.25) is 0 Å². The van der Waals surface area contributed by atoms with Crippen LogP contribution in [0.15, 0.2) is 54.6 Å². The molecule has 0 aliphatic rings. The zero-order chi connectivity index (χ0) is 16.5. The normalized spacial score (nSPS) is 10.7. The number of carbonyl (C=O) groups excluding carboxylic acids is 1. The summed E-state index contributed by atoms with van der Waals surface area (Å²) < 4.78 is 5.15. The van der Waals surface area contributed by atoms with Gasteiger partial charge in [-0.05, 0) is 31.4 Å². The molecule has 0 saturated heterocycles. The molecule has 120 valence electrons. The van der Waals surface area contributed by atoms with Crippen molar-refractivity contribution in [2.45, 2.75) is 26.9 Å². The van der Waals surface area contributed by atoms with Crippen LogP contribution in [-0.4, -0.2) is 12.6 Å². The first-order valence-electron chi connectivity index (χ1n) is 7.83. The van der Waals surface area contributed by atoms with Gasteiger partial charge in [0.1, 0.15) is 6.61 Å². The van der Waals surface area contributed by atoms with E-state index in [4.69, 9.17) is 4.74 Å². The van der Waals surface area contributed by atoms with Gasteiger partial charge in [-0.1, -0.05) is 71.8 Å². The van der Waals surface area contributed by atoms with E-state index in [1.165, 1.54) is 16.7 Å². The highest BCUT2D eigenvalue weighted by Gasteiger charge is 2.00. The van der Waals surface area contributed by atoms with Gasteiger partial charge in [0.25, 0.3) is 0 Å². The molecule has 0 aliphatic heterocycles. The molecule has 1 N–H and O–H groups in total. The predicted molar refractivity (Wildman–Crippen MR) is 94.2 cm³/mol. The first-order chi connectivity index (χ1) is 11.1. The van der Waals surface area contributed by atoms with Crippen molar-refractivity contribution in [1.82, 2.24) is 5.32 Å². The van der Waals surface area contributed by atoms with Crippen LogP contribution in [0.1, 0.15) is 28.7 Å². The molecule has 0 aromatic heterocycles. The number of ether oxygens (including phenoxy) is 1. The van der Waals surface area contributed by atoms with Crippen molar-refractivity contribution in [2.24, 2.45) is 0 Å². The molecular weight excluding hydrogens is 286 g/mol. The Morgan fingerprint density at radius 1 is 1.09 bits per heavy atom. The second-order valence-electron chi connectivity index (χ2n) is 5.60. The van der Waals surface area contributed by atoms with Crippen molar-refractivity contribution < 1.29 is 9.53 Å². The van der Waals surface area contributed by atoms with Crippen molar-refractivity contribution >= 4 is 12.2 Å². The summed E-state index contributed by atoms with van der Waals surface area (Å²) in [6.45, 7) is 5.04. The van der Waals surface area contributed by atoms with Gasteiger partial charge in [0.05, 0.1) is 0 Å². The van der Waals surface area contributed by atoms with Gasteiger partial charge in [-0.15, -0.1) is 0 Å².